The number of aryl methyl sites for hydroxylation is 1. The maximum Gasteiger partial charge on any atom is 0.321 e. The van der Waals surface area contributed by atoms with Gasteiger partial charge in [-0.15, -0.1) is 0 Å². The topological polar surface area (TPSA) is 70.4 Å². The van der Waals surface area contributed by atoms with Crippen LogP contribution < -0.4 is 5.32 Å². The number of rotatable bonds is 5. The van der Waals surface area contributed by atoms with Gasteiger partial charge >= 0.3 is 6.03 Å². The molecule has 1 heterocycles. The van der Waals surface area contributed by atoms with Gasteiger partial charge in [-0.25, -0.2) is 4.79 Å². The number of nitrogens with one attached hydrogen (secondary N) is 1. The molecule has 122 valence electrons. The standard InChI is InChI=1S/C17H22N4O2/c1-20(11-15(22)12-8-9-12)17(23)18-14-10-21(2)19-16(14)13-6-4-3-5-7-13/h3-7,10,12,15,22H,8-9,11H2,1-2H3,(H,18,23). The van der Waals surface area contributed by atoms with Crippen molar-refractivity contribution in [1.82, 2.24) is 14.7 Å². The molecule has 0 bridgehead atoms. The molecule has 1 fully saturated rings. The molecular formula is C17H22N4O2. The van der Waals surface area contributed by atoms with E-state index in [1.165, 1.54) is 4.90 Å². The Labute approximate surface area is 135 Å². The van der Waals surface area contributed by atoms with Crippen LogP contribution in [0.15, 0.2) is 36.5 Å². The summed E-state index contributed by atoms with van der Waals surface area (Å²) in [4.78, 5) is 13.9. The molecule has 2 aromatic rings. The summed E-state index contributed by atoms with van der Waals surface area (Å²) in [6, 6.07) is 9.49. The first kappa shape index (κ1) is 15.6. The zero-order chi connectivity index (χ0) is 16.4. The number of aromatic nitrogens is 2. The summed E-state index contributed by atoms with van der Waals surface area (Å²) in [5.74, 6) is 0.350. The van der Waals surface area contributed by atoms with Crippen molar-refractivity contribution in [1.29, 1.82) is 0 Å². The van der Waals surface area contributed by atoms with E-state index in [1.54, 1.807) is 17.9 Å². The highest BCUT2D eigenvalue weighted by molar-refractivity contribution is 5.93. The van der Waals surface area contributed by atoms with Crippen molar-refractivity contribution >= 4 is 11.7 Å². The van der Waals surface area contributed by atoms with Crippen LogP contribution in [0.25, 0.3) is 11.3 Å². The second-order valence-electron chi connectivity index (χ2n) is 6.15. The minimum Gasteiger partial charge on any atom is -0.391 e. The Morgan fingerprint density at radius 3 is 2.78 bits per heavy atom. The van der Waals surface area contributed by atoms with Gasteiger partial charge in [-0.2, -0.15) is 5.10 Å². The normalized spacial score (nSPS) is 15.3. The van der Waals surface area contributed by atoms with Gasteiger partial charge in [-0.05, 0) is 18.8 Å². The number of hydrogen-bond donors (Lipinski definition) is 2. The number of hydrogen-bond acceptors (Lipinski definition) is 3. The first-order valence-electron chi connectivity index (χ1n) is 7.84. The molecular weight excluding hydrogens is 292 g/mol. The van der Waals surface area contributed by atoms with Gasteiger partial charge in [0.2, 0.25) is 0 Å². The van der Waals surface area contributed by atoms with E-state index in [9.17, 15) is 9.90 Å². The number of nitrogens with zero attached hydrogens (tertiary/aromatic N) is 3. The number of benzene rings is 1. The second-order valence-corrected chi connectivity index (χ2v) is 6.15. The third-order valence-corrected chi connectivity index (χ3v) is 4.09. The van der Waals surface area contributed by atoms with Crippen LogP contribution in [0.5, 0.6) is 0 Å². The average Bonchev–Trinajstić information content (AvgIpc) is 3.32. The smallest absolute Gasteiger partial charge is 0.321 e. The number of amides is 2. The van der Waals surface area contributed by atoms with E-state index in [1.807, 2.05) is 37.4 Å². The van der Waals surface area contributed by atoms with Gasteiger partial charge in [0.15, 0.2) is 0 Å². The Morgan fingerprint density at radius 2 is 2.13 bits per heavy atom. The number of urea groups is 1. The molecule has 6 heteroatoms. The molecule has 2 N–H and O–H groups in total. The monoisotopic (exact) mass is 314 g/mol. The number of carbonyl (C=O) groups is 1. The van der Waals surface area contributed by atoms with Crippen LogP contribution in [0, 0.1) is 5.92 Å². The van der Waals surface area contributed by atoms with E-state index in [2.05, 4.69) is 10.4 Å². The molecule has 0 radical (unpaired) electrons. The highest BCUT2D eigenvalue weighted by atomic mass is 16.3. The molecule has 1 atom stereocenters. The van der Waals surface area contributed by atoms with Crippen LogP contribution in [0.1, 0.15) is 12.8 Å². The van der Waals surface area contributed by atoms with E-state index in [0.717, 1.165) is 24.1 Å². The van der Waals surface area contributed by atoms with E-state index in [-0.39, 0.29) is 6.03 Å². The Bertz CT molecular complexity index is 679. The van der Waals surface area contributed by atoms with Crippen molar-refractivity contribution in [2.45, 2.75) is 18.9 Å². The third kappa shape index (κ3) is 3.71. The fourth-order valence-electron chi connectivity index (χ4n) is 2.59. The summed E-state index contributed by atoms with van der Waals surface area (Å²) in [5.41, 5.74) is 2.35. The number of aliphatic hydroxyl groups excluding tert-OH is 1. The fourth-order valence-corrected chi connectivity index (χ4v) is 2.59. The first-order valence-corrected chi connectivity index (χ1v) is 7.84. The number of carbonyl (C=O) groups excluding carboxylic acids is 1. The average molecular weight is 314 g/mol. The lowest BCUT2D eigenvalue weighted by Crippen LogP contribution is -2.38. The van der Waals surface area contributed by atoms with E-state index in [0.29, 0.717) is 18.2 Å². The lowest BCUT2D eigenvalue weighted by molar-refractivity contribution is 0.117. The van der Waals surface area contributed by atoms with Crippen molar-refractivity contribution in [3.05, 3.63) is 36.5 Å². The predicted molar refractivity (Wildman–Crippen MR) is 89.0 cm³/mol. The maximum atomic E-state index is 12.4. The predicted octanol–water partition coefficient (Wildman–Crippen LogP) is 2.32. The first-order chi connectivity index (χ1) is 11.0. The van der Waals surface area contributed by atoms with Crippen LogP contribution in [0.3, 0.4) is 0 Å². The molecule has 6 nitrogen and oxygen atoms in total. The molecule has 0 spiro atoms. The maximum absolute atomic E-state index is 12.4. The van der Waals surface area contributed by atoms with Crippen LogP contribution in [0.2, 0.25) is 0 Å². The van der Waals surface area contributed by atoms with Crippen LogP contribution in [-0.4, -0.2) is 45.5 Å². The zero-order valence-electron chi connectivity index (χ0n) is 13.4. The molecule has 0 saturated heterocycles. The van der Waals surface area contributed by atoms with Gasteiger partial charge in [0.25, 0.3) is 0 Å². The second kappa shape index (κ2) is 6.42. The summed E-state index contributed by atoms with van der Waals surface area (Å²) in [5, 5.41) is 17.3. The summed E-state index contributed by atoms with van der Waals surface area (Å²) < 4.78 is 1.68. The molecule has 1 aliphatic carbocycles. The molecule has 1 aromatic heterocycles. The Morgan fingerprint density at radius 1 is 1.43 bits per heavy atom. The number of likely N-dealkylation sites (N-methyl/N-ethyl adjacent to an activating group) is 1. The minimum absolute atomic E-state index is 0.241. The third-order valence-electron chi connectivity index (χ3n) is 4.09. The summed E-state index contributed by atoms with van der Waals surface area (Å²) in [6.07, 6.45) is 3.45. The molecule has 3 rings (SSSR count). The summed E-state index contributed by atoms with van der Waals surface area (Å²) in [6.45, 7) is 0.345. The molecule has 2 amide bonds. The largest absolute Gasteiger partial charge is 0.391 e. The molecule has 0 aliphatic heterocycles. The SMILES string of the molecule is CN(CC(O)C1CC1)C(=O)Nc1cn(C)nc1-c1ccccc1. The lowest BCUT2D eigenvalue weighted by atomic mass is 10.1. The lowest BCUT2D eigenvalue weighted by Gasteiger charge is -2.21. The Hall–Kier alpha value is -2.34. The van der Waals surface area contributed by atoms with Crippen molar-refractivity contribution in [3.63, 3.8) is 0 Å². The van der Waals surface area contributed by atoms with Crippen molar-refractivity contribution in [2.75, 3.05) is 18.9 Å². The summed E-state index contributed by atoms with van der Waals surface area (Å²) in [7, 11) is 3.52. The van der Waals surface area contributed by atoms with E-state index >= 15 is 0 Å². The quantitative estimate of drug-likeness (QED) is 0.890. The van der Waals surface area contributed by atoms with Crippen molar-refractivity contribution in [3.8, 4) is 11.3 Å². The van der Waals surface area contributed by atoms with Crippen LogP contribution in [0.4, 0.5) is 10.5 Å². The van der Waals surface area contributed by atoms with Crippen molar-refractivity contribution < 1.29 is 9.90 Å². The van der Waals surface area contributed by atoms with Gasteiger partial charge in [-0.1, -0.05) is 30.3 Å². The fraction of sp³-hybridized carbons (Fsp3) is 0.412. The Balaban J connectivity index is 1.71. The van der Waals surface area contributed by atoms with Crippen LogP contribution in [-0.2, 0) is 7.05 Å². The molecule has 1 aliphatic rings. The highest BCUT2D eigenvalue weighted by Crippen LogP contribution is 2.33. The van der Waals surface area contributed by atoms with Gasteiger partial charge in [-0.3, -0.25) is 4.68 Å². The summed E-state index contributed by atoms with van der Waals surface area (Å²) >= 11 is 0. The number of aliphatic hydroxyl groups is 1. The van der Waals surface area contributed by atoms with E-state index < -0.39 is 6.10 Å². The molecule has 23 heavy (non-hydrogen) atoms. The minimum atomic E-state index is -0.437. The highest BCUT2D eigenvalue weighted by Gasteiger charge is 2.31. The Kier molecular flexibility index (Phi) is 4.34. The van der Waals surface area contributed by atoms with Crippen LogP contribution >= 0.6 is 0 Å². The van der Waals surface area contributed by atoms with E-state index in [4.69, 9.17) is 0 Å². The van der Waals surface area contributed by atoms with Gasteiger partial charge in [0, 0.05) is 32.4 Å². The van der Waals surface area contributed by atoms with Gasteiger partial charge in [0.05, 0.1) is 11.8 Å². The molecule has 1 aromatic carbocycles. The van der Waals surface area contributed by atoms with Gasteiger partial charge < -0.3 is 15.3 Å². The zero-order valence-corrected chi connectivity index (χ0v) is 13.4. The van der Waals surface area contributed by atoms with Crippen molar-refractivity contribution in [2.24, 2.45) is 13.0 Å². The number of anilines is 1. The molecule has 1 saturated carbocycles. The van der Waals surface area contributed by atoms with Gasteiger partial charge in [0.1, 0.15) is 5.69 Å². The molecule has 1 unspecified atom stereocenters.